The van der Waals surface area contributed by atoms with Crippen molar-refractivity contribution < 1.29 is 9.53 Å². The van der Waals surface area contributed by atoms with E-state index in [1.165, 1.54) is 11.1 Å². The van der Waals surface area contributed by atoms with Crippen molar-refractivity contribution >= 4 is 17.7 Å². The standard InChI is InChI=1S/C11H12ClN5O2/c12-10-4-2-1-3-9(10)8(6-19-11(13)18)5-17-15-7-14-16-17/h1-4,7-8H,5-6H2,(H2,13,18)/t8-/m1/s1. The van der Waals surface area contributed by atoms with Crippen LogP contribution in [0.3, 0.4) is 0 Å². The van der Waals surface area contributed by atoms with Gasteiger partial charge >= 0.3 is 6.09 Å². The fourth-order valence-electron chi connectivity index (χ4n) is 1.70. The van der Waals surface area contributed by atoms with Gasteiger partial charge in [0.05, 0.1) is 6.54 Å². The van der Waals surface area contributed by atoms with E-state index in [0.717, 1.165) is 5.56 Å². The van der Waals surface area contributed by atoms with Gasteiger partial charge < -0.3 is 10.5 Å². The van der Waals surface area contributed by atoms with Gasteiger partial charge in [0.25, 0.3) is 0 Å². The third kappa shape index (κ3) is 3.65. The predicted molar refractivity (Wildman–Crippen MR) is 67.5 cm³/mol. The number of carbonyl (C=O) groups is 1. The number of hydrogen-bond donors (Lipinski definition) is 1. The van der Waals surface area contributed by atoms with Gasteiger partial charge in [0.15, 0.2) is 6.33 Å². The molecule has 8 heteroatoms. The number of rotatable bonds is 5. The summed E-state index contributed by atoms with van der Waals surface area (Å²) in [6.07, 6.45) is 0.502. The molecule has 0 aliphatic rings. The molecule has 2 aromatic rings. The number of nitrogens with two attached hydrogens (primary N) is 1. The highest BCUT2D eigenvalue weighted by molar-refractivity contribution is 6.31. The Labute approximate surface area is 114 Å². The zero-order valence-corrected chi connectivity index (χ0v) is 10.7. The lowest BCUT2D eigenvalue weighted by Crippen LogP contribution is -2.22. The van der Waals surface area contributed by atoms with Gasteiger partial charge in [-0.1, -0.05) is 29.8 Å². The summed E-state index contributed by atoms with van der Waals surface area (Å²) in [5.74, 6) is -0.199. The largest absolute Gasteiger partial charge is 0.449 e. The van der Waals surface area contributed by atoms with Gasteiger partial charge in [-0.3, -0.25) is 0 Å². The molecule has 1 heterocycles. The molecule has 7 nitrogen and oxygen atoms in total. The molecule has 0 saturated carbocycles. The number of ether oxygens (including phenoxy) is 1. The maximum atomic E-state index is 10.7. The quantitative estimate of drug-likeness (QED) is 0.888. The first-order valence-corrected chi connectivity index (χ1v) is 5.92. The first-order chi connectivity index (χ1) is 9.16. The van der Waals surface area contributed by atoms with Crippen molar-refractivity contribution in [2.45, 2.75) is 12.5 Å². The average Bonchev–Trinajstić information content (AvgIpc) is 2.88. The molecule has 0 saturated heterocycles. The van der Waals surface area contributed by atoms with Crippen LogP contribution in [0.15, 0.2) is 30.6 Å². The minimum absolute atomic E-state index is 0.0978. The van der Waals surface area contributed by atoms with E-state index < -0.39 is 6.09 Å². The second kappa shape index (κ2) is 6.14. The van der Waals surface area contributed by atoms with Crippen LogP contribution in [0.2, 0.25) is 5.02 Å². The highest BCUT2D eigenvalue weighted by Crippen LogP contribution is 2.25. The Morgan fingerprint density at radius 3 is 2.89 bits per heavy atom. The Morgan fingerprint density at radius 1 is 1.47 bits per heavy atom. The zero-order valence-electron chi connectivity index (χ0n) is 9.94. The first-order valence-electron chi connectivity index (χ1n) is 5.54. The highest BCUT2D eigenvalue weighted by Gasteiger charge is 2.18. The molecular weight excluding hydrogens is 270 g/mol. The summed E-state index contributed by atoms with van der Waals surface area (Å²) in [5, 5.41) is 11.9. The van der Waals surface area contributed by atoms with Crippen molar-refractivity contribution in [3.05, 3.63) is 41.2 Å². The number of primary amides is 1. The Morgan fingerprint density at radius 2 is 2.26 bits per heavy atom. The van der Waals surface area contributed by atoms with E-state index in [4.69, 9.17) is 22.1 Å². The molecule has 0 radical (unpaired) electrons. The maximum absolute atomic E-state index is 10.7. The van der Waals surface area contributed by atoms with E-state index in [-0.39, 0.29) is 12.5 Å². The van der Waals surface area contributed by atoms with Gasteiger partial charge in [0.1, 0.15) is 6.61 Å². The molecule has 19 heavy (non-hydrogen) atoms. The van der Waals surface area contributed by atoms with Crippen molar-refractivity contribution in [3.63, 3.8) is 0 Å². The smallest absolute Gasteiger partial charge is 0.404 e. The Bertz CT molecular complexity index is 546. The molecule has 2 N–H and O–H groups in total. The normalized spacial score (nSPS) is 12.1. The number of tetrazole rings is 1. The van der Waals surface area contributed by atoms with Crippen molar-refractivity contribution in [1.29, 1.82) is 0 Å². The molecule has 0 unspecified atom stereocenters. The van der Waals surface area contributed by atoms with Crippen LogP contribution in [-0.2, 0) is 11.3 Å². The van der Waals surface area contributed by atoms with Crippen LogP contribution in [0.4, 0.5) is 4.79 Å². The van der Waals surface area contributed by atoms with Gasteiger partial charge in [-0.15, -0.1) is 10.2 Å². The summed E-state index contributed by atoms with van der Waals surface area (Å²) >= 11 is 6.14. The van der Waals surface area contributed by atoms with Crippen LogP contribution in [0.5, 0.6) is 0 Å². The van der Waals surface area contributed by atoms with E-state index in [1.807, 2.05) is 18.2 Å². The van der Waals surface area contributed by atoms with E-state index in [2.05, 4.69) is 15.4 Å². The van der Waals surface area contributed by atoms with Crippen LogP contribution in [0.1, 0.15) is 11.5 Å². The van der Waals surface area contributed by atoms with Gasteiger partial charge in [0, 0.05) is 10.9 Å². The Balaban J connectivity index is 2.18. The van der Waals surface area contributed by atoms with Gasteiger partial charge in [-0.05, 0) is 16.8 Å². The summed E-state index contributed by atoms with van der Waals surface area (Å²) in [7, 11) is 0. The molecule has 100 valence electrons. The van der Waals surface area contributed by atoms with Gasteiger partial charge in [0.2, 0.25) is 0 Å². The monoisotopic (exact) mass is 281 g/mol. The van der Waals surface area contributed by atoms with Gasteiger partial charge in [-0.2, -0.15) is 4.80 Å². The maximum Gasteiger partial charge on any atom is 0.404 e. The van der Waals surface area contributed by atoms with Gasteiger partial charge in [-0.25, -0.2) is 4.79 Å². The number of amides is 1. The highest BCUT2D eigenvalue weighted by atomic mass is 35.5. The number of benzene rings is 1. The van der Waals surface area contributed by atoms with Crippen LogP contribution in [0.25, 0.3) is 0 Å². The fourth-order valence-corrected chi connectivity index (χ4v) is 1.99. The van der Waals surface area contributed by atoms with Crippen molar-refractivity contribution in [2.75, 3.05) is 6.61 Å². The van der Waals surface area contributed by atoms with E-state index in [1.54, 1.807) is 6.07 Å². The number of aromatic nitrogens is 4. The van der Waals surface area contributed by atoms with E-state index >= 15 is 0 Å². The lowest BCUT2D eigenvalue weighted by atomic mass is 10.00. The third-order valence-corrected chi connectivity index (χ3v) is 2.89. The lowest BCUT2D eigenvalue weighted by Gasteiger charge is -2.17. The molecule has 0 spiro atoms. The molecule has 1 aromatic carbocycles. The summed E-state index contributed by atoms with van der Waals surface area (Å²) in [6, 6.07) is 7.30. The lowest BCUT2D eigenvalue weighted by molar-refractivity contribution is 0.144. The first kappa shape index (κ1) is 13.3. The topological polar surface area (TPSA) is 95.9 Å². The summed E-state index contributed by atoms with van der Waals surface area (Å²) in [6.45, 7) is 0.484. The van der Waals surface area contributed by atoms with Crippen molar-refractivity contribution in [1.82, 2.24) is 20.2 Å². The van der Waals surface area contributed by atoms with Crippen LogP contribution in [-0.4, -0.2) is 32.9 Å². The second-order valence-electron chi connectivity index (χ2n) is 3.84. The summed E-state index contributed by atoms with van der Waals surface area (Å²) in [5.41, 5.74) is 5.82. The molecule has 1 amide bonds. The number of nitrogens with zero attached hydrogens (tertiary/aromatic N) is 4. The van der Waals surface area contributed by atoms with Crippen molar-refractivity contribution in [2.24, 2.45) is 5.73 Å². The van der Waals surface area contributed by atoms with E-state index in [9.17, 15) is 4.79 Å². The van der Waals surface area contributed by atoms with Crippen LogP contribution in [0, 0.1) is 0 Å². The molecule has 0 bridgehead atoms. The Kier molecular flexibility index (Phi) is 4.30. The third-order valence-electron chi connectivity index (χ3n) is 2.55. The zero-order chi connectivity index (χ0) is 13.7. The molecule has 1 aromatic heterocycles. The van der Waals surface area contributed by atoms with Crippen LogP contribution < -0.4 is 5.73 Å². The minimum atomic E-state index is -0.830. The number of hydrogen-bond acceptors (Lipinski definition) is 5. The second-order valence-corrected chi connectivity index (χ2v) is 4.25. The molecule has 2 rings (SSSR count). The Hall–Kier alpha value is -2.15. The minimum Gasteiger partial charge on any atom is -0.449 e. The SMILES string of the molecule is NC(=O)OC[C@@H](Cn1ncnn1)c1ccccc1Cl. The van der Waals surface area contributed by atoms with Crippen molar-refractivity contribution in [3.8, 4) is 0 Å². The molecule has 0 fully saturated rings. The molecule has 0 aliphatic carbocycles. The molecule has 1 atom stereocenters. The van der Waals surface area contributed by atoms with Crippen LogP contribution >= 0.6 is 11.6 Å². The molecular formula is C11H12ClN5O2. The summed E-state index contributed by atoms with van der Waals surface area (Å²) < 4.78 is 4.85. The number of halogens is 1. The van der Waals surface area contributed by atoms with E-state index in [0.29, 0.717) is 11.6 Å². The summed E-state index contributed by atoms with van der Waals surface area (Å²) in [4.78, 5) is 12.1. The molecule has 0 aliphatic heterocycles. The average molecular weight is 282 g/mol. The fraction of sp³-hybridized carbons (Fsp3) is 0.273. The number of carbonyl (C=O) groups excluding carboxylic acids is 1. The predicted octanol–water partition coefficient (Wildman–Crippen LogP) is 1.21.